The van der Waals surface area contributed by atoms with Crippen LogP contribution in [-0.2, 0) is 6.42 Å². The molecule has 1 aliphatic heterocycles. The lowest BCUT2D eigenvalue weighted by atomic mass is 10.2. The Morgan fingerprint density at radius 3 is 3.04 bits per heavy atom. The number of amides is 2. The number of urea groups is 1. The summed E-state index contributed by atoms with van der Waals surface area (Å²) < 4.78 is 18.7. The van der Waals surface area contributed by atoms with Crippen molar-refractivity contribution in [1.82, 2.24) is 15.5 Å². The molecule has 7 nitrogen and oxygen atoms in total. The predicted molar refractivity (Wildman–Crippen MR) is 82.8 cm³/mol. The molecule has 2 N–H and O–H groups in total. The summed E-state index contributed by atoms with van der Waals surface area (Å²) >= 11 is 0. The van der Waals surface area contributed by atoms with Crippen LogP contribution in [0, 0.1) is 5.82 Å². The average molecular weight is 319 g/mol. The second-order valence-corrected chi connectivity index (χ2v) is 5.35. The Bertz CT molecular complexity index is 690. The minimum Gasteiger partial charge on any atom is -0.367 e. The third kappa shape index (κ3) is 3.58. The van der Waals surface area contributed by atoms with E-state index in [0.29, 0.717) is 31.0 Å². The van der Waals surface area contributed by atoms with Gasteiger partial charge in [0.05, 0.1) is 5.69 Å². The molecule has 8 heteroatoms. The number of carbonyl (C=O) groups excluding carboxylic acids is 1. The number of aryl methyl sites for hydroxylation is 1. The number of aromatic nitrogens is 2. The lowest BCUT2D eigenvalue weighted by Gasteiger charge is -2.19. The van der Waals surface area contributed by atoms with Crippen molar-refractivity contribution in [2.45, 2.75) is 25.8 Å². The second kappa shape index (κ2) is 6.64. The largest absolute Gasteiger partial charge is 0.367 e. The number of benzene rings is 1. The first-order chi connectivity index (χ1) is 11.2. The van der Waals surface area contributed by atoms with Gasteiger partial charge in [-0.1, -0.05) is 24.2 Å². The van der Waals surface area contributed by atoms with Crippen molar-refractivity contribution in [2.75, 3.05) is 23.3 Å². The molecule has 0 radical (unpaired) electrons. The van der Waals surface area contributed by atoms with Crippen LogP contribution in [0.2, 0.25) is 0 Å². The van der Waals surface area contributed by atoms with Gasteiger partial charge >= 0.3 is 12.0 Å². The van der Waals surface area contributed by atoms with Crippen LogP contribution in [0.4, 0.5) is 20.9 Å². The van der Waals surface area contributed by atoms with E-state index >= 15 is 0 Å². The van der Waals surface area contributed by atoms with Crippen LogP contribution in [-0.4, -0.2) is 35.3 Å². The molecule has 122 valence electrons. The molecule has 0 bridgehead atoms. The number of para-hydroxylation sites is 1. The van der Waals surface area contributed by atoms with Crippen molar-refractivity contribution in [3.63, 3.8) is 0 Å². The molecule has 23 heavy (non-hydrogen) atoms. The molecule has 2 aromatic rings. The number of carbonyl (C=O) groups is 1. The summed E-state index contributed by atoms with van der Waals surface area (Å²) in [6, 6.07) is 6.23. The van der Waals surface area contributed by atoms with E-state index in [2.05, 4.69) is 20.8 Å². The Kier molecular flexibility index (Phi) is 4.40. The van der Waals surface area contributed by atoms with Crippen molar-refractivity contribution < 1.29 is 13.7 Å². The summed E-state index contributed by atoms with van der Waals surface area (Å²) in [5.74, 6) is 0.280. The first-order valence-electron chi connectivity index (χ1n) is 7.55. The average Bonchev–Trinajstić information content (AvgIpc) is 3.17. The number of halogens is 1. The fraction of sp³-hybridized carbons (Fsp3) is 0.400. The molecule has 2 heterocycles. The Morgan fingerprint density at radius 2 is 2.30 bits per heavy atom. The van der Waals surface area contributed by atoms with Gasteiger partial charge in [-0.25, -0.2) is 9.18 Å². The molecule has 1 aromatic carbocycles. The highest BCUT2D eigenvalue weighted by molar-refractivity contribution is 5.87. The molecule has 2 amide bonds. The number of hydrogen-bond donors (Lipinski definition) is 2. The van der Waals surface area contributed by atoms with Gasteiger partial charge in [-0.15, -0.1) is 0 Å². The lowest BCUT2D eigenvalue weighted by molar-refractivity contribution is 0.248. The van der Waals surface area contributed by atoms with E-state index in [1.54, 1.807) is 18.2 Å². The van der Waals surface area contributed by atoms with Gasteiger partial charge in [-0.2, -0.15) is 4.98 Å². The van der Waals surface area contributed by atoms with Crippen molar-refractivity contribution in [3.8, 4) is 0 Å². The summed E-state index contributed by atoms with van der Waals surface area (Å²) in [4.78, 5) is 17.9. The molecule has 1 atom stereocenters. The maximum atomic E-state index is 13.8. The van der Waals surface area contributed by atoms with Crippen molar-refractivity contribution in [3.05, 3.63) is 35.9 Å². The van der Waals surface area contributed by atoms with Crippen molar-refractivity contribution >= 4 is 17.7 Å². The monoisotopic (exact) mass is 319 g/mol. The van der Waals surface area contributed by atoms with Gasteiger partial charge in [-0.3, -0.25) is 5.32 Å². The van der Waals surface area contributed by atoms with Crippen molar-refractivity contribution in [1.29, 1.82) is 0 Å². The minimum atomic E-state index is -0.406. The van der Waals surface area contributed by atoms with Crippen LogP contribution < -0.4 is 15.5 Å². The van der Waals surface area contributed by atoms with Crippen LogP contribution >= 0.6 is 0 Å². The normalized spacial score (nSPS) is 17.3. The van der Waals surface area contributed by atoms with Crippen LogP contribution in [0.15, 0.2) is 28.8 Å². The van der Waals surface area contributed by atoms with Gasteiger partial charge < -0.3 is 14.7 Å². The van der Waals surface area contributed by atoms with Crippen LogP contribution in [0.1, 0.15) is 19.2 Å². The molecular formula is C15H18FN5O2. The molecule has 0 aliphatic carbocycles. The van der Waals surface area contributed by atoms with Gasteiger partial charge in [-0.05, 0) is 18.6 Å². The van der Waals surface area contributed by atoms with E-state index in [9.17, 15) is 9.18 Å². The van der Waals surface area contributed by atoms with E-state index in [-0.39, 0.29) is 17.9 Å². The van der Waals surface area contributed by atoms with E-state index in [1.165, 1.54) is 6.07 Å². The van der Waals surface area contributed by atoms with E-state index in [4.69, 9.17) is 4.52 Å². The molecule has 0 unspecified atom stereocenters. The quantitative estimate of drug-likeness (QED) is 0.902. The van der Waals surface area contributed by atoms with Crippen LogP contribution in [0.3, 0.4) is 0 Å². The smallest absolute Gasteiger partial charge is 0.329 e. The predicted octanol–water partition coefficient (Wildman–Crippen LogP) is 2.17. The number of hydrogen-bond acceptors (Lipinski definition) is 5. The zero-order chi connectivity index (χ0) is 16.2. The van der Waals surface area contributed by atoms with Gasteiger partial charge in [0.25, 0.3) is 0 Å². The molecule has 3 rings (SSSR count). The number of rotatable bonds is 4. The SMILES string of the molecule is CCc1noc(NC(=O)N[C@H]2CCN(c3ccccc3F)C2)n1. The molecule has 1 saturated heterocycles. The van der Waals surface area contributed by atoms with Gasteiger partial charge in [0.15, 0.2) is 5.82 Å². The van der Waals surface area contributed by atoms with E-state index in [1.807, 2.05) is 11.8 Å². The highest BCUT2D eigenvalue weighted by Crippen LogP contribution is 2.23. The second-order valence-electron chi connectivity index (χ2n) is 5.35. The third-order valence-corrected chi connectivity index (χ3v) is 3.72. The summed E-state index contributed by atoms with van der Waals surface area (Å²) in [6.45, 7) is 3.13. The Labute approximate surface area is 132 Å². The molecule has 0 saturated carbocycles. The highest BCUT2D eigenvalue weighted by Gasteiger charge is 2.25. The number of nitrogens with zero attached hydrogens (tertiary/aromatic N) is 3. The van der Waals surface area contributed by atoms with Gasteiger partial charge in [0, 0.05) is 25.6 Å². The molecule has 1 fully saturated rings. The third-order valence-electron chi connectivity index (χ3n) is 3.72. The Balaban J connectivity index is 1.53. The van der Waals surface area contributed by atoms with Crippen LogP contribution in [0.25, 0.3) is 0 Å². The van der Waals surface area contributed by atoms with Gasteiger partial charge in [0.2, 0.25) is 0 Å². The maximum Gasteiger partial charge on any atom is 0.329 e. The number of anilines is 2. The Morgan fingerprint density at radius 1 is 1.48 bits per heavy atom. The molecule has 1 aromatic heterocycles. The molecule has 1 aliphatic rings. The summed E-state index contributed by atoms with van der Waals surface area (Å²) in [5, 5.41) is 9.04. The lowest BCUT2D eigenvalue weighted by Crippen LogP contribution is -2.39. The zero-order valence-corrected chi connectivity index (χ0v) is 12.8. The summed E-state index contributed by atoms with van der Waals surface area (Å²) in [7, 11) is 0. The molecular weight excluding hydrogens is 301 g/mol. The van der Waals surface area contributed by atoms with Gasteiger partial charge in [0.1, 0.15) is 5.82 Å². The fourth-order valence-corrected chi connectivity index (χ4v) is 2.57. The zero-order valence-electron chi connectivity index (χ0n) is 12.8. The van der Waals surface area contributed by atoms with E-state index < -0.39 is 6.03 Å². The van der Waals surface area contributed by atoms with Crippen LogP contribution in [0.5, 0.6) is 0 Å². The summed E-state index contributed by atoms with van der Waals surface area (Å²) in [5.41, 5.74) is 0.557. The first kappa shape index (κ1) is 15.3. The van der Waals surface area contributed by atoms with Crippen molar-refractivity contribution in [2.24, 2.45) is 0 Å². The maximum absolute atomic E-state index is 13.8. The number of nitrogens with one attached hydrogen (secondary N) is 2. The highest BCUT2D eigenvalue weighted by atomic mass is 19.1. The molecule has 0 spiro atoms. The Hall–Kier alpha value is -2.64. The summed E-state index contributed by atoms with van der Waals surface area (Å²) in [6.07, 6.45) is 1.37. The standard InChI is InChI=1S/C15H18FN5O2/c1-2-13-18-15(23-20-13)19-14(22)17-10-7-8-21(9-10)12-6-4-3-5-11(12)16/h3-6,10H,2,7-9H2,1H3,(H2,17,18,19,20,22)/t10-/m0/s1. The first-order valence-corrected chi connectivity index (χ1v) is 7.55. The minimum absolute atomic E-state index is 0.0665. The van der Waals surface area contributed by atoms with E-state index in [0.717, 1.165) is 6.42 Å². The fourth-order valence-electron chi connectivity index (χ4n) is 2.57. The topological polar surface area (TPSA) is 83.3 Å².